The van der Waals surface area contributed by atoms with E-state index >= 15 is 0 Å². The van der Waals surface area contributed by atoms with Crippen molar-refractivity contribution in [1.29, 1.82) is 0 Å². The van der Waals surface area contributed by atoms with Crippen molar-refractivity contribution in [3.63, 3.8) is 0 Å². The van der Waals surface area contributed by atoms with Gasteiger partial charge in [-0.25, -0.2) is 15.1 Å². The van der Waals surface area contributed by atoms with Gasteiger partial charge in [0.2, 0.25) is 5.16 Å². The zero-order valence-electron chi connectivity index (χ0n) is 21.7. The second-order valence-electron chi connectivity index (χ2n) is 8.37. The molecule has 0 unspecified atom stereocenters. The molecule has 17 heteroatoms. The third-order valence-corrected chi connectivity index (χ3v) is 7.05. The number of hydrogen-bond donors (Lipinski definition) is 4. The lowest BCUT2D eigenvalue weighted by atomic mass is 10.2. The minimum absolute atomic E-state index is 0.0337. The number of benzene rings is 2. The maximum absolute atomic E-state index is 13.0. The number of thiazole rings is 1. The number of nitro benzene ring substituents is 1. The summed E-state index contributed by atoms with van der Waals surface area (Å²) in [7, 11) is 0. The number of carbonyl (C=O) groups excluding carboxylic acids is 2. The van der Waals surface area contributed by atoms with Gasteiger partial charge in [0.1, 0.15) is 0 Å². The number of carbonyl (C=O) groups is 3. The van der Waals surface area contributed by atoms with Crippen molar-refractivity contribution in [3.05, 3.63) is 92.7 Å². The van der Waals surface area contributed by atoms with Crippen molar-refractivity contribution in [3.8, 4) is 0 Å². The molecule has 0 aliphatic heterocycles. The molecule has 216 valence electrons. The fourth-order valence-corrected chi connectivity index (χ4v) is 4.78. The van der Waals surface area contributed by atoms with E-state index in [1.807, 2.05) is 30.3 Å². The number of hydrogen-bond acceptors (Lipinski definition) is 12. The summed E-state index contributed by atoms with van der Waals surface area (Å²) < 4.78 is 1.29. The first kappa shape index (κ1) is 29.8. The van der Waals surface area contributed by atoms with Crippen LogP contribution < -0.4 is 16.2 Å². The lowest BCUT2D eigenvalue weighted by Gasteiger charge is -2.11. The van der Waals surface area contributed by atoms with Crippen molar-refractivity contribution in [2.45, 2.75) is 18.0 Å². The first-order valence-electron chi connectivity index (χ1n) is 12.2. The molecule has 15 nitrogen and oxygen atoms in total. The van der Waals surface area contributed by atoms with E-state index in [4.69, 9.17) is 5.11 Å². The molecule has 4 aromatic rings. The highest BCUT2D eigenvalue weighted by molar-refractivity contribution is 7.99. The van der Waals surface area contributed by atoms with Gasteiger partial charge in [0.25, 0.3) is 17.5 Å². The molecule has 0 radical (unpaired) electrons. The van der Waals surface area contributed by atoms with Crippen LogP contribution in [0.25, 0.3) is 0 Å². The normalized spacial score (nSPS) is 10.9. The van der Waals surface area contributed by atoms with Gasteiger partial charge in [0.05, 0.1) is 35.4 Å². The highest BCUT2D eigenvalue weighted by Gasteiger charge is 2.20. The SMILES string of the molecule is O=C(O)CCNc1nc(Cc2nnc(SCC(=O)N/N=C/c3ccccc3)n2NC(=O)c2cccc([N+](=O)[O-])c2)cs1. The Morgan fingerprint density at radius 1 is 1.14 bits per heavy atom. The standard InChI is InChI=1S/C25H23N9O6S2/c35-21(30-27-13-16-5-2-1-3-6-16)15-42-25-31-29-20(12-18-14-41-24(28-18)26-10-9-22(36)37)33(25)32-23(38)17-7-4-8-19(11-17)34(39)40/h1-8,11,13-14H,9-10,12,15H2,(H,26,28)(H,30,35)(H,32,38)(H,36,37)/b27-13+. The summed E-state index contributed by atoms with van der Waals surface area (Å²) in [6.45, 7) is 0.204. The maximum atomic E-state index is 13.0. The van der Waals surface area contributed by atoms with Gasteiger partial charge in [-0.3, -0.25) is 29.9 Å². The van der Waals surface area contributed by atoms with Crippen LogP contribution in [-0.2, 0) is 16.0 Å². The Kier molecular flexibility index (Phi) is 10.3. The number of nitro groups is 1. The van der Waals surface area contributed by atoms with Crippen LogP contribution in [0.3, 0.4) is 0 Å². The number of thioether (sulfide) groups is 1. The Labute approximate surface area is 246 Å². The van der Waals surface area contributed by atoms with Crippen LogP contribution in [0.15, 0.2) is 70.2 Å². The smallest absolute Gasteiger partial charge is 0.305 e. The van der Waals surface area contributed by atoms with E-state index < -0.39 is 22.7 Å². The number of aliphatic carboxylic acids is 1. The topological polar surface area (TPSA) is 207 Å². The molecule has 42 heavy (non-hydrogen) atoms. The number of hydrazone groups is 1. The summed E-state index contributed by atoms with van der Waals surface area (Å²) >= 11 is 2.26. The molecular formula is C25H23N9O6S2. The van der Waals surface area contributed by atoms with E-state index in [0.717, 1.165) is 23.4 Å². The fourth-order valence-electron chi connectivity index (χ4n) is 3.34. The second-order valence-corrected chi connectivity index (χ2v) is 10.2. The maximum Gasteiger partial charge on any atom is 0.305 e. The molecule has 2 amide bonds. The van der Waals surface area contributed by atoms with Crippen LogP contribution in [-0.4, -0.2) is 66.2 Å². The first-order chi connectivity index (χ1) is 20.3. The lowest BCUT2D eigenvalue weighted by molar-refractivity contribution is -0.384. The number of non-ortho nitro benzene ring substituents is 1. The summed E-state index contributed by atoms with van der Waals surface area (Å²) in [5, 5.41) is 37.5. The van der Waals surface area contributed by atoms with Gasteiger partial charge in [0, 0.05) is 29.6 Å². The molecule has 0 bridgehead atoms. The molecule has 0 saturated carbocycles. The Morgan fingerprint density at radius 2 is 1.95 bits per heavy atom. The van der Waals surface area contributed by atoms with Crippen LogP contribution in [0.5, 0.6) is 0 Å². The van der Waals surface area contributed by atoms with Gasteiger partial charge in [-0.1, -0.05) is 48.2 Å². The van der Waals surface area contributed by atoms with E-state index in [-0.39, 0.29) is 47.4 Å². The fraction of sp³-hybridized carbons (Fsp3) is 0.160. The van der Waals surface area contributed by atoms with Crippen molar-refractivity contribution >= 4 is 57.9 Å². The number of carboxylic acids is 1. The minimum Gasteiger partial charge on any atom is -0.481 e. The molecule has 2 heterocycles. The van der Waals surface area contributed by atoms with Gasteiger partial charge in [-0.05, 0) is 11.6 Å². The van der Waals surface area contributed by atoms with Crippen LogP contribution >= 0.6 is 23.1 Å². The average Bonchev–Trinajstić information content (AvgIpc) is 3.58. The zero-order chi connectivity index (χ0) is 29.9. The number of carboxylic acid groups (broad SMARTS) is 1. The average molecular weight is 610 g/mol. The van der Waals surface area contributed by atoms with Gasteiger partial charge in [-0.2, -0.15) is 5.10 Å². The third-order valence-electron chi connectivity index (χ3n) is 5.27. The Balaban J connectivity index is 1.48. The molecule has 0 saturated heterocycles. The van der Waals surface area contributed by atoms with E-state index in [1.165, 1.54) is 40.4 Å². The van der Waals surface area contributed by atoms with Crippen molar-refractivity contribution < 1.29 is 24.4 Å². The highest BCUT2D eigenvalue weighted by atomic mass is 32.2. The molecular weight excluding hydrogens is 586 g/mol. The number of aromatic nitrogens is 4. The van der Waals surface area contributed by atoms with Crippen molar-refractivity contribution in [1.82, 2.24) is 25.3 Å². The summed E-state index contributed by atoms with van der Waals surface area (Å²) in [5.41, 5.74) is 6.23. The van der Waals surface area contributed by atoms with Crippen molar-refractivity contribution in [2.24, 2.45) is 5.10 Å². The molecule has 0 aliphatic carbocycles. The first-order valence-corrected chi connectivity index (χ1v) is 14.0. The molecule has 0 spiro atoms. The number of nitrogens with zero attached hydrogens (tertiary/aromatic N) is 6. The van der Waals surface area contributed by atoms with E-state index in [0.29, 0.717) is 10.8 Å². The molecule has 4 rings (SSSR count). The molecule has 2 aromatic carbocycles. The summed E-state index contributed by atoms with van der Waals surface area (Å²) in [4.78, 5) is 51.2. The molecule has 0 atom stereocenters. The van der Waals surface area contributed by atoms with Gasteiger partial charge < -0.3 is 10.4 Å². The van der Waals surface area contributed by atoms with E-state index in [2.05, 4.69) is 36.5 Å². The van der Waals surface area contributed by atoms with Crippen LogP contribution in [0.2, 0.25) is 0 Å². The highest BCUT2D eigenvalue weighted by Crippen LogP contribution is 2.21. The van der Waals surface area contributed by atoms with E-state index in [9.17, 15) is 24.5 Å². The lowest BCUT2D eigenvalue weighted by Crippen LogP contribution is -2.26. The predicted molar refractivity (Wildman–Crippen MR) is 155 cm³/mol. The Hall–Kier alpha value is -5.16. The van der Waals surface area contributed by atoms with Crippen LogP contribution in [0.1, 0.15) is 33.9 Å². The summed E-state index contributed by atoms with van der Waals surface area (Å²) in [6, 6.07) is 14.4. The van der Waals surface area contributed by atoms with Gasteiger partial charge >= 0.3 is 5.97 Å². The number of anilines is 1. The second kappa shape index (κ2) is 14.5. The third kappa shape index (κ3) is 8.67. The van der Waals surface area contributed by atoms with Gasteiger partial charge in [-0.15, -0.1) is 21.5 Å². The zero-order valence-corrected chi connectivity index (χ0v) is 23.3. The largest absolute Gasteiger partial charge is 0.481 e. The number of nitrogens with one attached hydrogen (secondary N) is 3. The van der Waals surface area contributed by atoms with Crippen LogP contribution in [0.4, 0.5) is 10.8 Å². The van der Waals surface area contributed by atoms with Crippen LogP contribution in [0, 0.1) is 10.1 Å². The van der Waals surface area contributed by atoms with Crippen molar-refractivity contribution in [2.75, 3.05) is 23.0 Å². The molecule has 4 N–H and O–H groups in total. The summed E-state index contributed by atoms with van der Waals surface area (Å²) in [6.07, 6.45) is 1.56. The minimum atomic E-state index is -0.937. The molecule has 2 aromatic heterocycles. The summed E-state index contributed by atoms with van der Waals surface area (Å²) in [5.74, 6) is -1.85. The quantitative estimate of drug-likeness (QED) is 0.0707. The van der Waals surface area contributed by atoms with Gasteiger partial charge in [0.15, 0.2) is 11.0 Å². The Bertz CT molecular complexity index is 1610. The molecule has 0 fully saturated rings. The van der Waals surface area contributed by atoms with E-state index in [1.54, 1.807) is 5.38 Å². The predicted octanol–water partition coefficient (Wildman–Crippen LogP) is 2.75. The monoisotopic (exact) mass is 609 g/mol. The number of rotatable bonds is 14. The number of amides is 2. The Morgan fingerprint density at radius 3 is 2.71 bits per heavy atom. The molecule has 0 aliphatic rings.